The SMILES string of the molecule is COC(=O)N1CCC(c2nc3c(n2C)C2(CCN(C(=O)OCC4CC4)CC2)Oc2cccnc2-3)CC1(C)C. The molecule has 6 rings (SSSR count). The minimum atomic E-state index is -0.596. The third-order valence-electron chi connectivity index (χ3n) is 8.77. The van der Waals surface area contributed by atoms with Crippen LogP contribution >= 0.6 is 0 Å². The highest BCUT2D eigenvalue weighted by Crippen LogP contribution is 2.50. The van der Waals surface area contributed by atoms with Crippen molar-refractivity contribution in [3.8, 4) is 17.1 Å². The van der Waals surface area contributed by atoms with Crippen LogP contribution in [0.25, 0.3) is 11.4 Å². The van der Waals surface area contributed by atoms with Gasteiger partial charge >= 0.3 is 12.2 Å². The highest BCUT2D eigenvalue weighted by atomic mass is 16.6. The molecule has 38 heavy (non-hydrogen) atoms. The number of carbonyl (C=O) groups is 2. The molecule has 1 saturated carbocycles. The summed E-state index contributed by atoms with van der Waals surface area (Å²) in [6, 6.07) is 3.84. The van der Waals surface area contributed by atoms with Gasteiger partial charge in [0.15, 0.2) is 5.60 Å². The van der Waals surface area contributed by atoms with Gasteiger partial charge in [-0.2, -0.15) is 0 Å². The molecule has 5 heterocycles. The van der Waals surface area contributed by atoms with Crippen LogP contribution in [0.15, 0.2) is 18.3 Å². The molecule has 2 aromatic heterocycles. The number of nitrogens with zero attached hydrogens (tertiary/aromatic N) is 5. The van der Waals surface area contributed by atoms with E-state index in [0.29, 0.717) is 45.0 Å². The van der Waals surface area contributed by atoms with Gasteiger partial charge in [-0.05, 0) is 57.6 Å². The summed E-state index contributed by atoms with van der Waals surface area (Å²) in [5, 5.41) is 0. The highest BCUT2D eigenvalue weighted by Gasteiger charge is 2.49. The average Bonchev–Trinajstić information content (AvgIpc) is 3.67. The maximum atomic E-state index is 12.7. The van der Waals surface area contributed by atoms with Crippen molar-refractivity contribution in [2.75, 3.05) is 33.4 Å². The van der Waals surface area contributed by atoms with E-state index in [1.807, 2.05) is 17.0 Å². The van der Waals surface area contributed by atoms with Crippen LogP contribution in [0, 0.1) is 5.92 Å². The summed E-state index contributed by atoms with van der Waals surface area (Å²) in [6.45, 7) is 6.41. The van der Waals surface area contributed by atoms with Crippen molar-refractivity contribution in [3.63, 3.8) is 0 Å². The van der Waals surface area contributed by atoms with E-state index in [0.717, 1.165) is 54.3 Å². The van der Waals surface area contributed by atoms with E-state index in [-0.39, 0.29) is 23.6 Å². The first-order valence-electron chi connectivity index (χ1n) is 13.7. The second-order valence-corrected chi connectivity index (χ2v) is 11.8. The molecule has 2 saturated heterocycles. The maximum Gasteiger partial charge on any atom is 0.409 e. The average molecular weight is 524 g/mol. The first kappa shape index (κ1) is 25.0. The van der Waals surface area contributed by atoms with E-state index < -0.39 is 5.60 Å². The van der Waals surface area contributed by atoms with Crippen LogP contribution < -0.4 is 4.74 Å². The summed E-state index contributed by atoms with van der Waals surface area (Å²) in [5.41, 5.74) is 1.69. The molecule has 0 bridgehead atoms. The Balaban J connectivity index is 1.30. The number of likely N-dealkylation sites (tertiary alicyclic amines) is 2. The minimum Gasteiger partial charge on any atom is -0.478 e. The number of rotatable bonds is 3. The van der Waals surface area contributed by atoms with Gasteiger partial charge in [-0.1, -0.05) is 0 Å². The molecule has 1 aliphatic carbocycles. The summed E-state index contributed by atoms with van der Waals surface area (Å²) in [4.78, 5) is 38.5. The van der Waals surface area contributed by atoms with Crippen molar-refractivity contribution >= 4 is 12.2 Å². The van der Waals surface area contributed by atoms with E-state index in [1.54, 1.807) is 11.1 Å². The molecule has 1 atom stereocenters. The van der Waals surface area contributed by atoms with Crippen molar-refractivity contribution in [2.24, 2.45) is 13.0 Å². The molecule has 3 fully saturated rings. The van der Waals surface area contributed by atoms with Crippen molar-refractivity contribution in [1.29, 1.82) is 0 Å². The number of amides is 2. The van der Waals surface area contributed by atoms with Crippen molar-refractivity contribution < 1.29 is 23.8 Å². The van der Waals surface area contributed by atoms with Gasteiger partial charge in [0.25, 0.3) is 0 Å². The molecule has 0 aromatic carbocycles. The number of imidazole rings is 1. The van der Waals surface area contributed by atoms with Crippen LogP contribution in [0.1, 0.15) is 69.8 Å². The normalized spacial score (nSPS) is 23.3. The van der Waals surface area contributed by atoms with E-state index in [4.69, 9.17) is 19.2 Å². The summed E-state index contributed by atoms with van der Waals surface area (Å²) >= 11 is 0. The van der Waals surface area contributed by atoms with Crippen molar-refractivity contribution in [2.45, 2.75) is 69.4 Å². The van der Waals surface area contributed by atoms with Crippen LogP contribution in [0.2, 0.25) is 0 Å². The summed E-state index contributed by atoms with van der Waals surface area (Å²) in [7, 11) is 3.50. The van der Waals surface area contributed by atoms with Crippen LogP contribution in [0.5, 0.6) is 5.75 Å². The Morgan fingerprint density at radius 1 is 1.11 bits per heavy atom. The second-order valence-electron chi connectivity index (χ2n) is 11.8. The molecular weight excluding hydrogens is 486 g/mol. The summed E-state index contributed by atoms with van der Waals surface area (Å²) in [5.74, 6) is 2.43. The fourth-order valence-corrected chi connectivity index (χ4v) is 6.50. The number of hydrogen-bond acceptors (Lipinski definition) is 7. The van der Waals surface area contributed by atoms with Gasteiger partial charge in [-0.15, -0.1) is 0 Å². The Morgan fingerprint density at radius 2 is 1.87 bits per heavy atom. The number of fused-ring (bicyclic) bond motifs is 4. The fourth-order valence-electron chi connectivity index (χ4n) is 6.50. The lowest BCUT2D eigenvalue weighted by atomic mass is 9.82. The Hall–Kier alpha value is -3.30. The first-order chi connectivity index (χ1) is 18.2. The van der Waals surface area contributed by atoms with Gasteiger partial charge in [-0.25, -0.2) is 14.6 Å². The zero-order chi connectivity index (χ0) is 26.7. The summed E-state index contributed by atoms with van der Waals surface area (Å²) < 4.78 is 19.5. The molecule has 2 aromatic rings. The standard InChI is InChI=1S/C28H37N5O5/c1-27(2)16-19(9-13-33(27)26(35)36-4)24-30-22-21-20(6-5-12-29-21)38-28(23(22)31(24)3)10-14-32(15-11-28)25(34)37-17-18-7-8-18/h5-6,12,18-19H,7-11,13-17H2,1-4H3. The molecule has 1 unspecified atom stereocenters. The number of carbonyl (C=O) groups excluding carboxylic acids is 2. The second kappa shape index (κ2) is 9.17. The molecule has 2 amide bonds. The molecule has 204 valence electrons. The van der Waals surface area contributed by atoms with E-state index in [2.05, 4.69) is 30.4 Å². The molecular formula is C28H37N5O5. The third-order valence-corrected chi connectivity index (χ3v) is 8.77. The van der Waals surface area contributed by atoms with Gasteiger partial charge in [0.05, 0.1) is 19.4 Å². The topological polar surface area (TPSA) is 99.0 Å². The maximum absolute atomic E-state index is 12.7. The van der Waals surface area contributed by atoms with Crippen molar-refractivity contribution in [1.82, 2.24) is 24.3 Å². The molecule has 3 aliphatic heterocycles. The number of methoxy groups -OCH3 is 1. The predicted molar refractivity (Wildman–Crippen MR) is 139 cm³/mol. The quantitative estimate of drug-likeness (QED) is 0.587. The smallest absolute Gasteiger partial charge is 0.409 e. The van der Waals surface area contributed by atoms with E-state index in [1.165, 1.54) is 7.11 Å². The highest BCUT2D eigenvalue weighted by molar-refractivity contribution is 5.71. The molecule has 10 heteroatoms. The Bertz CT molecular complexity index is 1240. The predicted octanol–water partition coefficient (Wildman–Crippen LogP) is 4.44. The third kappa shape index (κ3) is 4.18. The van der Waals surface area contributed by atoms with Crippen LogP contribution in [-0.2, 0) is 22.1 Å². The van der Waals surface area contributed by atoms with Crippen LogP contribution in [0.4, 0.5) is 9.59 Å². The Kier molecular flexibility index (Phi) is 6.03. The lowest BCUT2D eigenvalue weighted by molar-refractivity contribution is -0.0115. The molecule has 0 N–H and O–H groups in total. The lowest BCUT2D eigenvalue weighted by Crippen LogP contribution is -2.52. The Morgan fingerprint density at radius 3 is 2.55 bits per heavy atom. The fraction of sp³-hybridized carbons (Fsp3) is 0.643. The minimum absolute atomic E-state index is 0.170. The molecule has 10 nitrogen and oxygen atoms in total. The van der Waals surface area contributed by atoms with Gasteiger partial charge in [0.2, 0.25) is 0 Å². The van der Waals surface area contributed by atoms with Gasteiger partial charge < -0.3 is 28.6 Å². The van der Waals surface area contributed by atoms with Crippen LogP contribution in [-0.4, -0.2) is 75.4 Å². The summed E-state index contributed by atoms with van der Waals surface area (Å²) in [6.07, 6.45) is 6.44. The van der Waals surface area contributed by atoms with Crippen LogP contribution in [0.3, 0.4) is 0 Å². The lowest BCUT2D eigenvalue weighted by Gasteiger charge is -2.45. The van der Waals surface area contributed by atoms with Crippen molar-refractivity contribution in [3.05, 3.63) is 29.8 Å². The van der Waals surface area contributed by atoms with E-state index >= 15 is 0 Å². The van der Waals surface area contributed by atoms with Gasteiger partial charge in [0, 0.05) is 57.2 Å². The zero-order valence-corrected chi connectivity index (χ0v) is 22.7. The van der Waals surface area contributed by atoms with E-state index in [9.17, 15) is 9.59 Å². The number of aromatic nitrogens is 3. The number of hydrogen-bond donors (Lipinski definition) is 0. The first-order valence-corrected chi connectivity index (χ1v) is 13.7. The molecule has 4 aliphatic rings. The molecule has 0 radical (unpaired) electrons. The van der Waals surface area contributed by atoms with Gasteiger partial charge in [-0.3, -0.25) is 4.98 Å². The molecule has 1 spiro atoms. The number of piperidine rings is 2. The number of ether oxygens (including phenoxy) is 3. The zero-order valence-electron chi connectivity index (χ0n) is 22.7. The Labute approximate surface area is 223 Å². The number of pyridine rings is 1. The van der Waals surface area contributed by atoms with Gasteiger partial charge in [0.1, 0.15) is 23.0 Å². The largest absolute Gasteiger partial charge is 0.478 e. The monoisotopic (exact) mass is 523 g/mol.